The van der Waals surface area contributed by atoms with Crippen molar-refractivity contribution in [3.8, 4) is 11.5 Å². The van der Waals surface area contributed by atoms with Gasteiger partial charge in [0.25, 0.3) is 0 Å². The fraction of sp³-hybridized carbons (Fsp3) is 0.368. The van der Waals surface area contributed by atoms with Crippen LogP contribution in [-0.2, 0) is 16.5 Å². The predicted octanol–water partition coefficient (Wildman–Crippen LogP) is 1.90. The van der Waals surface area contributed by atoms with Crippen molar-refractivity contribution in [1.29, 1.82) is 0 Å². The third-order valence-electron chi connectivity index (χ3n) is 3.83. The van der Waals surface area contributed by atoms with Crippen LogP contribution in [0.25, 0.3) is 0 Å². The summed E-state index contributed by atoms with van der Waals surface area (Å²) in [5.74, 6) is 0.602. The van der Waals surface area contributed by atoms with Gasteiger partial charge in [0.05, 0.1) is 0 Å². The van der Waals surface area contributed by atoms with Crippen molar-refractivity contribution in [1.82, 2.24) is 0 Å². The minimum absolute atomic E-state index is 0. The van der Waals surface area contributed by atoms with E-state index in [1.165, 1.54) is 12.5 Å². The SMILES string of the molecule is CCCCCCCc1cccc(Oc2ccccc2)c1S(=O)(=O)[O-].[K+]. The van der Waals surface area contributed by atoms with Gasteiger partial charge in [-0.3, -0.25) is 0 Å². The van der Waals surface area contributed by atoms with Gasteiger partial charge in [-0.05, 0) is 36.6 Å². The van der Waals surface area contributed by atoms with Crippen LogP contribution in [0, 0.1) is 0 Å². The Bertz CT molecular complexity index is 745. The number of para-hydroxylation sites is 1. The van der Waals surface area contributed by atoms with Crippen molar-refractivity contribution in [3.05, 3.63) is 54.1 Å². The Labute approximate surface area is 193 Å². The molecule has 0 aliphatic rings. The Morgan fingerprint density at radius 3 is 2.24 bits per heavy atom. The van der Waals surface area contributed by atoms with E-state index in [0.29, 0.717) is 17.7 Å². The third-order valence-corrected chi connectivity index (χ3v) is 4.79. The zero-order valence-corrected chi connectivity index (χ0v) is 18.8. The molecule has 0 saturated heterocycles. The van der Waals surface area contributed by atoms with E-state index < -0.39 is 10.1 Å². The fourth-order valence-corrected chi connectivity index (χ4v) is 3.50. The average Bonchev–Trinajstić information content (AvgIpc) is 2.54. The molecule has 25 heavy (non-hydrogen) atoms. The first kappa shape index (κ1) is 22.8. The van der Waals surface area contributed by atoms with E-state index in [9.17, 15) is 13.0 Å². The molecule has 2 aromatic carbocycles. The molecule has 2 aromatic rings. The smallest absolute Gasteiger partial charge is 0.744 e. The molecule has 0 spiro atoms. The first-order valence-electron chi connectivity index (χ1n) is 8.33. The maximum atomic E-state index is 11.8. The predicted molar refractivity (Wildman–Crippen MR) is 93.4 cm³/mol. The van der Waals surface area contributed by atoms with E-state index in [1.54, 1.807) is 36.4 Å². The number of hydrogen-bond acceptors (Lipinski definition) is 4. The Hall–Kier alpha value is -0.214. The zero-order valence-electron chi connectivity index (χ0n) is 14.9. The van der Waals surface area contributed by atoms with Gasteiger partial charge >= 0.3 is 51.4 Å². The average molecular weight is 387 g/mol. The molecule has 4 nitrogen and oxygen atoms in total. The quantitative estimate of drug-likeness (QED) is 0.375. The van der Waals surface area contributed by atoms with E-state index in [-0.39, 0.29) is 62.0 Å². The maximum Gasteiger partial charge on any atom is 1.00 e. The van der Waals surface area contributed by atoms with E-state index >= 15 is 0 Å². The van der Waals surface area contributed by atoms with Crippen molar-refractivity contribution in [2.75, 3.05) is 0 Å². The van der Waals surface area contributed by atoms with E-state index in [1.807, 2.05) is 6.07 Å². The number of hydrogen-bond donors (Lipinski definition) is 0. The third kappa shape index (κ3) is 7.50. The van der Waals surface area contributed by atoms with Crippen LogP contribution in [0.5, 0.6) is 11.5 Å². The normalized spacial score (nSPS) is 11.0. The van der Waals surface area contributed by atoms with Crippen molar-refractivity contribution >= 4 is 10.1 Å². The number of aryl methyl sites for hydroxylation is 1. The monoisotopic (exact) mass is 386 g/mol. The molecule has 0 bridgehead atoms. The molecule has 0 aromatic heterocycles. The summed E-state index contributed by atoms with van der Waals surface area (Å²) < 4.78 is 40.9. The van der Waals surface area contributed by atoms with Gasteiger partial charge in [-0.25, -0.2) is 8.42 Å². The van der Waals surface area contributed by atoms with Crippen molar-refractivity contribution in [2.24, 2.45) is 0 Å². The molecular weight excluding hydrogens is 363 g/mol. The van der Waals surface area contributed by atoms with Gasteiger partial charge < -0.3 is 9.29 Å². The molecule has 0 atom stereocenters. The Morgan fingerprint density at radius 1 is 0.920 bits per heavy atom. The van der Waals surface area contributed by atoms with Crippen LogP contribution < -0.4 is 56.1 Å². The molecule has 0 heterocycles. The van der Waals surface area contributed by atoms with Crippen LogP contribution in [-0.4, -0.2) is 13.0 Å². The molecule has 0 amide bonds. The summed E-state index contributed by atoms with van der Waals surface area (Å²) in [4.78, 5) is -0.232. The van der Waals surface area contributed by atoms with E-state index in [2.05, 4.69) is 6.92 Å². The topological polar surface area (TPSA) is 66.4 Å². The molecule has 6 heteroatoms. The van der Waals surface area contributed by atoms with Crippen LogP contribution >= 0.6 is 0 Å². The molecule has 0 saturated carbocycles. The second kappa shape index (κ2) is 11.5. The molecular formula is C19H23KO4S. The summed E-state index contributed by atoms with van der Waals surface area (Å²) in [6, 6.07) is 13.8. The summed E-state index contributed by atoms with van der Waals surface area (Å²) >= 11 is 0. The molecule has 0 fully saturated rings. The zero-order chi connectivity index (χ0) is 17.4. The Kier molecular flexibility index (Phi) is 10.5. The molecule has 0 radical (unpaired) electrons. The molecule has 130 valence electrons. The van der Waals surface area contributed by atoms with Crippen LogP contribution in [0.4, 0.5) is 0 Å². The van der Waals surface area contributed by atoms with Crippen LogP contribution in [0.15, 0.2) is 53.4 Å². The summed E-state index contributed by atoms with van der Waals surface area (Å²) in [7, 11) is -4.61. The second-order valence-electron chi connectivity index (χ2n) is 5.78. The van der Waals surface area contributed by atoms with Gasteiger partial charge in [-0.15, -0.1) is 0 Å². The minimum atomic E-state index is -4.61. The standard InChI is InChI=1S/C19H24O4S.K/c1-2-3-4-5-7-11-16-12-10-15-18(19(16)24(20,21)22)23-17-13-8-6-9-14-17;/h6,8-10,12-15H,2-5,7,11H2,1H3,(H,20,21,22);/q;+1/p-1. The number of rotatable bonds is 9. The number of ether oxygens (including phenoxy) is 1. The summed E-state index contributed by atoms with van der Waals surface area (Å²) in [5, 5.41) is 0. The minimum Gasteiger partial charge on any atom is -0.744 e. The summed E-state index contributed by atoms with van der Waals surface area (Å²) in [5.41, 5.74) is 0.537. The van der Waals surface area contributed by atoms with Gasteiger partial charge in [-0.1, -0.05) is 62.9 Å². The summed E-state index contributed by atoms with van der Waals surface area (Å²) in [6.07, 6.45) is 5.89. The maximum absolute atomic E-state index is 11.8. The molecule has 0 aliphatic carbocycles. The summed E-state index contributed by atoms with van der Waals surface area (Å²) in [6.45, 7) is 2.15. The van der Waals surface area contributed by atoms with Crippen molar-refractivity contribution in [3.63, 3.8) is 0 Å². The van der Waals surface area contributed by atoms with E-state index in [0.717, 1.165) is 25.7 Å². The van der Waals surface area contributed by atoms with E-state index in [4.69, 9.17) is 4.74 Å². The fourth-order valence-electron chi connectivity index (χ4n) is 2.66. The van der Waals surface area contributed by atoms with Gasteiger partial charge in [0.2, 0.25) is 0 Å². The first-order chi connectivity index (χ1) is 11.5. The van der Waals surface area contributed by atoms with Crippen LogP contribution in [0.2, 0.25) is 0 Å². The van der Waals surface area contributed by atoms with Crippen molar-refractivity contribution < 1.29 is 69.1 Å². The molecule has 0 N–H and O–H groups in total. The second-order valence-corrected chi connectivity index (χ2v) is 7.09. The van der Waals surface area contributed by atoms with Crippen LogP contribution in [0.1, 0.15) is 44.6 Å². The van der Waals surface area contributed by atoms with Gasteiger partial charge in [0.15, 0.2) is 0 Å². The number of unbranched alkanes of at least 4 members (excludes halogenated alkanes) is 4. The first-order valence-corrected chi connectivity index (χ1v) is 9.74. The Morgan fingerprint density at radius 2 is 1.60 bits per heavy atom. The largest absolute Gasteiger partial charge is 1.00 e. The van der Waals surface area contributed by atoms with Crippen LogP contribution in [0.3, 0.4) is 0 Å². The van der Waals surface area contributed by atoms with Gasteiger partial charge in [0.1, 0.15) is 26.5 Å². The van der Waals surface area contributed by atoms with Gasteiger partial charge in [0, 0.05) is 0 Å². The Balaban J connectivity index is 0.00000312. The molecule has 2 rings (SSSR count). The van der Waals surface area contributed by atoms with Crippen molar-refractivity contribution in [2.45, 2.75) is 50.3 Å². The molecule has 0 unspecified atom stereocenters. The van der Waals surface area contributed by atoms with Gasteiger partial charge in [-0.2, -0.15) is 0 Å². The molecule has 0 aliphatic heterocycles. The number of benzene rings is 2.